The molecule has 4 nitrogen and oxygen atoms in total. The lowest BCUT2D eigenvalue weighted by molar-refractivity contribution is 0.102. The highest BCUT2D eigenvalue weighted by Crippen LogP contribution is 2.19. The molecule has 0 saturated heterocycles. The summed E-state index contributed by atoms with van der Waals surface area (Å²) in [6, 6.07) is 4.02. The molecule has 2 rings (SSSR count). The minimum Gasteiger partial charge on any atom is -0.361 e. The molecule has 0 aliphatic carbocycles. The molecule has 1 aromatic heterocycles. The molecule has 17 heavy (non-hydrogen) atoms. The van der Waals surface area contributed by atoms with Gasteiger partial charge in [0.15, 0.2) is 0 Å². The Kier molecular flexibility index (Phi) is 3.10. The lowest BCUT2D eigenvalue weighted by atomic mass is 10.2. The summed E-state index contributed by atoms with van der Waals surface area (Å²) in [6.45, 7) is 1.62. The van der Waals surface area contributed by atoms with Crippen LogP contribution in [0.25, 0.3) is 0 Å². The van der Waals surface area contributed by atoms with Crippen molar-refractivity contribution in [1.29, 1.82) is 0 Å². The third kappa shape index (κ3) is 2.45. The number of hydrogen-bond donors (Lipinski definition) is 1. The van der Waals surface area contributed by atoms with Gasteiger partial charge in [-0.1, -0.05) is 16.8 Å². The highest BCUT2D eigenvalue weighted by atomic mass is 35.5. The number of aryl methyl sites for hydroxylation is 1. The first-order chi connectivity index (χ1) is 8.08. The Hall–Kier alpha value is -1.88. The Labute approximate surface area is 101 Å². The van der Waals surface area contributed by atoms with Crippen molar-refractivity contribution in [2.24, 2.45) is 0 Å². The minimum absolute atomic E-state index is 0.00385. The molecule has 1 N–H and O–H groups in total. The van der Waals surface area contributed by atoms with Crippen molar-refractivity contribution in [2.45, 2.75) is 6.92 Å². The fourth-order valence-corrected chi connectivity index (χ4v) is 1.41. The van der Waals surface area contributed by atoms with E-state index in [0.29, 0.717) is 17.0 Å². The van der Waals surface area contributed by atoms with Gasteiger partial charge in [-0.15, -0.1) is 0 Å². The molecule has 0 radical (unpaired) electrons. The van der Waals surface area contributed by atoms with Crippen molar-refractivity contribution in [3.8, 4) is 0 Å². The SMILES string of the molecule is Cc1oncc1C(=O)Nc1ccc(Cl)c(F)c1. The number of benzene rings is 1. The Morgan fingerprint density at radius 1 is 1.53 bits per heavy atom. The van der Waals surface area contributed by atoms with Gasteiger partial charge in [-0.25, -0.2) is 4.39 Å². The van der Waals surface area contributed by atoms with Crippen LogP contribution >= 0.6 is 11.6 Å². The molecule has 0 unspecified atom stereocenters. The van der Waals surface area contributed by atoms with Crippen LogP contribution in [0.3, 0.4) is 0 Å². The van der Waals surface area contributed by atoms with E-state index in [2.05, 4.69) is 10.5 Å². The number of nitrogens with zero attached hydrogens (tertiary/aromatic N) is 1. The summed E-state index contributed by atoms with van der Waals surface area (Å²) in [6.07, 6.45) is 1.30. The van der Waals surface area contributed by atoms with Crippen LogP contribution in [0.4, 0.5) is 10.1 Å². The summed E-state index contributed by atoms with van der Waals surface area (Å²) in [4.78, 5) is 11.7. The van der Waals surface area contributed by atoms with Crippen molar-refractivity contribution in [3.05, 3.63) is 46.6 Å². The number of aromatic nitrogens is 1. The second-order valence-electron chi connectivity index (χ2n) is 3.38. The van der Waals surface area contributed by atoms with Gasteiger partial charge in [0.25, 0.3) is 5.91 Å². The van der Waals surface area contributed by atoms with E-state index in [0.717, 1.165) is 6.07 Å². The molecule has 0 bridgehead atoms. The molecule has 1 aromatic carbocycles. The summed E-state index contributed by atoms with van der Waals surface area (Å²) in [7, 11) is 0. The lowest BCUT2D eigenvalue weighted by Gasteiger charge is -2.04. The van der Waals surface area contributed by atoms with Crippen molar-refractivity contribution >= 4 is 23.2 Å². The van der Waals surface area contributed by atoms with Crippen molar-refractivity contribution in [1.82, 2.24) is 5.16 Å². The smallest absolute Gasteiger partial charge is 0.260 e. The first-order valence-electron chi connectivity index (χ1n) is 4.75. The number of anilines is 1. The number of carbonyl (C=O) groups is 1. The number of hydrogen-bond acceptors (Lipinski definition) is 3. The first kappa shape index (κ1) is 11.6. The van der Waals surface area contributed by atoms with Gasteiger partial charge in [-0.05, 0) is 25.1 Å². The molecule has 0 saturated carbocycles. The number of rotatable bonds is 2. The van der Waals surface area contributed by atoms with Crippen LogP contribution < -0.4 is 5.32 Å². The number of halogens is 2. The molecule has 2 aromatic rings. The van der Waals surface area contributed by atoms with E-state index in [4.69, 9.17) is 16.1 Å². The van der Waals surface area contributed by atoms with Crippen molar-refractivity contribution in [3.63, 3.8) is 0 Å². The zero-order valence-corrected chi connectivity index (χ0v) is 9.58. The van der Waals surface area contributed by atoms with E-state index >= 15 is 0 Å². The van der Waals surface area contributed by atoms with Gasteiger partial charge in [-0.3, -0.25) is 4.79 Å². The standard InChI is InChI=1S/C11H8ClFN2O2/c1-6-8(5-14-17-6)11(16)15-7-2-3-9(12)10(13)4-7/h2-5H,1H3,(H,15,16). The van der Waals surface area contributed by atoms with Crippen LogP contribution in [-0.2, 0) is 0 Å². The normalized spacial score (nSPS) is 10.3. The Morgan fingerprint density at radius 2 is 2.29 bits per heavy atom. The van der Waals surface area contributed by atoms with Gasteiger partial charge in [0, 0.05) is 5.69 Å². The van der Waals surface area contributed by atoms with E-state index in [9.17, 15) is 9.18 Å². The van der Waals surface area contributed by atoms with Gasteiger partial charge < -0.3 is 9.84 Å². The van der Waals surface area contributed by atoms with Gasteiger partial charge in [0.1, 0.15) is 17.1 Å². The molecular weight excluding hydrogens is 247 g/mol. The fraction of sp³-hybridized carbons (Fsp3) is 0.0909. The molecule has 1 amide bonds. The second-order valence-corrected chi connectivity index (χ2v) is 3.79. The Bertz CT molecular complexity index is 568. The molecule has 6 heteroatoms. The highest BCUT2D eigenvalue weighted by Gasteiger charge is 2.13. The van der Waals surface area contributed by atoms with Crippen molar-refractivity contribution in [2.75, 3.05) is 5.32 Å². The second kappa shape index (κ2) is 4.55. The molecule has 0 atom stereocenters. The zero-order valence-electron chi connectivity index (χ0n) is 8.83. The van der Waals surface area contributed by atoms with Gasteiger partial charge >= 0.3 is 0 Å². The minimum atomic E-state index is -0.591. The summed E-state index contributed by atoms with van der Waals surface area (Å²) < 4.78 is 17.9. The van der Waals surface area contributed by atoms with Gasteiger partial charge in [0.2, 0.25) is 0 Å². The van der Waals surface area contributed by atoms with Crippen LogP contribution in [0.1, 0.15) is 16.1 Å². The van der Waals surface area contributed by atoms with Gasteiger partial charge in [0.05, 0.1) is 11.2 Å². The predicted molar refractivity (Wildman–Crippen MR) is 60.6 cm³/mol. The highest BCUT2D eigenvalue weighted by molar-refractivity contribution is 6.30. The number of nitrogens with one attached hydrogen (secondary N) is 1. The molecule has 88 valence electrons. The summed E-state index contributed by atoms with van der Waals surface area (Å²) in [5.74, 6) is -0.603. The molecule has 0 aliphatic heterocycles. The third-order valence-electron chi connectivity index (χ3n) is 2.17. The molecule has 0 fully saturated rings. The largest absolute Gasteiger partial charge is 0.361 e. The zero-order chi connectivity index (χ0) is 12.4. The van der Waals surface area contributed by atoms with E-state index in [1.54, 1.807) is 6.92 Å². The van der Waals surface area contributed by atoms with Gasteiger partial charge in [-0.2, -0.15) is 0 Å². The average Bonchev–Trinajstić information content (AvgIpc) is 2.70. The van der Waals surface area contributed by atoms with Crippen LogP contribution in [0.2, 0.25) is 5.02 Å². The first-order valence-corrected chi connectivity index (χ1v) is 5.13. The quantitative estimate of drug-likeness (QED) is 0.896. The summed E-state index contributed by atoms with van der Waals surface area (Å²) >= 11 is 5.53. The van der Waals surface area contributed by atoms with Crippen LogP contribution in [0, 0.1) is 12.7 Å². The maximum Gasteiger partial charge on any atom is 0.260 e. The number of carbonyl (C=O) groups excluding carboxylic acids is 1. The monoisotopic (exact) mass is 254 g/mol. The maximum atomic E-state index is 13.1. The van der Waals surface area contributed by atoms with E-state index < -0.39 is 11.7 Å². The van der Waals surface area contributed by atoms with Crippen molar-refractivity contribution < 1.29 is 13.7 Å². The van der Waals surface area contributed by atoms with E-state index in [1.165, 1.54) is 18.3 Å². The fourth-order valence-electron chi connectivity index (χ4n) is 1.29. The summed E-state index contributed by atoms with van der Waals surface area (Å²) in [5, 5.41) is 6.00. The lowest BCUT2D eigenvalue weighted by Crippen LogP contribution is -2.12. The van der Waals surface area contributed by atoms with Crippen LogP contribution in [0.5, 0.6) is 0 Å². The predicted octanol–water partition coefficient (Wildman–Crippen LogP) is 3.03. The Balaban J connectivity index is 2.19. The molecule has 0 spiro atoms. The topological polar surface area (TPSA) is 55.1 Å². The molecular formula is C11H8ClFN2O2. The van der Waals surface area contributed by atoms with E-state index in [-0.39, 0.29) is 5.02 Å². The molecule has 0 aliphatic rings. The number of amides is 1. The summed E-state index contributed by atoms with van der Waals surface area (Å²) in [5.41, 5.74) is 0.623. The van der Waals surface area contributed by atoms with Crippen LogP contribution in [-0.4, -0.2) is 11.1 Å². The van der Waals surface area contributed by atoms with Crippen LogP contribution in [0.15, 0.2) is 28.9 Å². The van der Waals surface area contributed by atoms with E-state index in [1.807, 2.05) is 0 Å². The Morgan fingerprint density at radius 3 is 2.88 bits per heavy atom. The molecule has 1 heterocycles. The third-order valence-corrected chi connectivity index (χ3v) is 2.48. The average molecular weight is 255 g/mol. The maximum absolute atomic E-state index is 13.1.